The third kappa shape index (κ3) is 10.2. The molecule has 1 amide bonds. The number of aliphatic imine (C=N–C) groups is 1. The zero-order valence-electron chi connectivity index (χ0n) is 13.7. The SMILES string of the molecule is CCCCCCNC(=NCCCC(=O)NC1CC1)NCC. The highest BCUT2D eigenvalue weighted by Gasteiger charge is 2.22. The number of carbonyl (C=O) groups excluding carboxylic acids is 1. The lowest BCUT2D eigenvalue weighted by Crippen LogP contribution is -2.37. The minimum absolute atomic E-state index is 0.172. The summed E-state index contributed by atoms with van der Waals surface area (Å²) in [6.45, 7) is 6.81. The number of nitrogens with zero attached hydrogens (tertiary/aromatic N) is 1. The van der Waals surface area contributed by atoms with Crippen molar-refractivity contribution in [3.05, 3.63) is 0 Å². The Morgan fingerprint density at radius 1 is 1.10 bits per heavy atom. The van der Waals surface area contributed by atoms with E-state index >= 15 is 0 Å². The van der Waals surface area contributed by atoms with Crippen LogP contribution >= 0.6 is 0 Å². The second kappa shape index (κ2) is 11.4. The van der Waals surface area contributed by atoms with Gasteiger partial charge in [0.25, 0.3) is 0 Å². The molecule has 1 fully saturated rings. The fraction of sp³-hybridized carbons (Fsp3) is 0.875. The van der Waals surface area contributed by atoms with Crippen LogP contribution < -0.4 is 16.0 Å². The van der Waals surface area contributed by atoms with Gasteiger partial charge in [-0.1, -0.05) is 26.2 Å². The van der Waals surface area contributed by atoms with Crippen LogP contribution in [0.25, 0.3) is 0 Å². The number of nitrogens with one attached hydrogen (secondary N) is 3. The Balaban J connectivity index is 2.09. The first-order valence-electron chi connectivity index (χ1n) is 8.57. The van der Waals surface area contributed by atoms with Crippen LogP contribution in [-0.2, 0) is 4.79 Å². The molecule has 0 spiro atoms. The Labute approximate surface area is 129 Å². The minimum Gasteiger partial charge on any atom is -0.357 e. The topological polar surface area (TPSA) is 65.5 Å². The maximum absolute atomic E-state index is 11.5. The second-order valence-electron chi connectivity index (χ2n) is 5.69. The van der Waals surface area contributed by atoms with E-state index in [2.05, 4.69) is 34.8 Å². The fourth-order valence-electron chi connectivity index (χ4n) is 2.06. The van der Waals surface area contributed by atoms with Crippen molar-refractivity contribution in [3.8, 4) is 0 Å². The molecule has 5 nitrogen and oxygen atoms in total. The van der Waals surface area contributed by atoms with Crippen LogP contribution in [0.5, 0.6) is 0 Å². The zero-order valence-corrected chi connectivity index (χ0v) is 13.7. The Kier molecular flexibility index (Phi) is 9.66. The van der Waals surface area contributed by atoms with Crippen molar-refractivity contribution < 1.29 is 4.79 Å². The molecule has 1 saturated carbocycles. The molecule has 1 aliphatic carbocycles. The first-order valence-corrected chi connectivity index (χ1v) is 8.57. The minimum atomic E-state index is 0.172. The van der Waals surface area contributed by atoms with Crippen molar-refractivity contribution in [2.75, 3.05) is 19.6 Å². The van der Waals surface area contributed by atoms with E-state index in [1.807, 2.05) is 0 Å². The summed E-state index contributed by atoms with van der Waals surface area (Å²) >= 11 is 0. The molecule has 0 atom stereocenters. The normalized spacial score (nSPS) is 14.9. The van der Waals surface area contributed by atoms with Gasteiger partial charge in [0.1, 0.15) is 0 Å². The molecule has 0 aromatic carbocycles. The molecule has 0 saturated heterocycles. The lowest BCUT2D eigenvalue weighted by molar-refractivity contribution is -0.121. The summed E-state index contributed by atoms with van der Waals surface area (Å²) in [5, 5.41) is 9.59. The summed E-state index contributed by atoms with van der Waals surface area (Å²) < 4.78 is 0. The molecule has 0 radical (unpaired) electrons. The van der Waals surface area contributed by atoms with E-state index in [-0.39, 0.29) is 5.91 Å². The molecule has 1 aliphatic rings. The van der Waals surface area contributed by atoms with Gasteiger partial charge in [-0.3, -0.25) is 9.79 Å². The molecule has 0 heterocycles. The first-order chi connectivity index (χ1) is 10.3. The predicted molar refractivity (Wildman–Crippen MR) is 88.5 cm³/mol. The van der Waals surface area contributed by atoms with Gasteiger partial charge < -0.3 is 16.0 Å². The molecule has 122 valence electrons. The number of unbranched alkanes of at least 4 members (excludes halogenated alkanes) is 3. The fourth-order valence-corrected chi connectivity index (χ4v) is 2.06. The molecular formula is C16H32N4O. The molecule has 0 bridgehead atoms. The molecule has 0 aliphatic heterocycles. The molecule has 3 N–H and O–H groups in total. The zero-order chi connectivity index (χ0) is 15.3. The summed E-state index contributed by atoms with van der Waals surface area (Å²) in [5.74, 6) is 1.04. The summed E-state index contributed by atoms with van der Waals surface area (Å²) in [6.07, 6.45) is 8.70. The number of rotatable bonds is 11. The smallest absolute Gasteiger partial charge is 0.220 e. The summed E-state index contributed by atoms with van der Waals surface area (Å²) in [6, 6.07) is 0.461. The van der Waals surface area contributed by atoms with Gasteiger partial charge in [0, 0.05) is 32.1 Å². The van der Waals surface area contributed by atoms with E-state index in [9.17, 15) is 4.79 Å². The summed E-state index contributed by atoms with van der Waals surface area (Å²) in [7, 11) is 0. The van der Waals surface area contributed by atoms with Gasteiger partial charge in [0.2, 0.25) is 5.91 Å². The average molecular weight is 296 g/mol. The van der Waals surface area contributed by atoms with E-state index in [1.54, 1.807) is 0 Å². The van der Waals surface area contributed by atoms with Crippen molar-refractivity contribution in [2.24, 2.45) is 4.99 Å². The molecular weight excluding hydrogens is 264 g/mol. The average Bonchev–Trinajstić information content (AvgIpc) is 3.27. The van der Waals surface area contributed by atoms with E-state index < -0.39 is 0 Å². The van der Waals surface area contributed by atoms with Gasteiger partial charge >= 0.3 is 0 Å². The predicted octanol–water partition coefficient (Wildman–Crippen LogP) is 2.18. The molecule has 1 rings (SSSR count). The number of carbonyl (C=O) groups is 1. The first kappa shape index (κ1) is 17.8. The lowest BCUT2D eigenvalue weighted by atomic mass is 10.2. The van der Waals surface area contributed by atoms with Crippen molar-refractivity contribution in [1.29, 1.82) is 0 Å². The number of hydrogen-bond acceptors (Lipinski definition) is 2. The standard InChI is InChI=1S/C16H32N4O/c1-3-5-6-7-12-18-16(17-4-2)19-13-8-9-15(21)20-14-10-11-14/h14H,3-13H2,1-2H3,(H,20,21)(H2,17,18,19). The summed E-state index contributed by atoms with van der Waals surface area (Å²) in [5.41, 5.74) is 0. The Morgan fingerprint density at radius 3 is 2.57 bits per heavy atom. The van der Waals surface area contributed by atoms with Crippen molar-refractivity contribution >= 4 is 11.9 Å². The van der Waals surface area contributed by atoms with Crippen LogP contribution in [0, 0.1) is 0 Å². The molecule has 0 aromatic rings. The van der Waals surface area contributed by atoms with Crippen LogP contribution in [-0.4, -0.2) is 37.5 Å². The van der Waals surface area contributed by atoms with Gasteiger partial charge in [0.05, 0.1) is 0 Å². The van der Waals surface area contributed by atoms with Crippen molar-refractivity contribution in [2.45, 2.75) is 71.3 Å². The van der Waals surface area contributed by atoms with E-state index in [0.717, 1.165) is 38.3 Å². The highest BCUT2D eigenvalue weighted by atomic mass is 16.1. The van der Waals surface area contributed by atoms with Gasteiger partial charge in [0.15, 0.2) is 5.96 Å². The molecule has 0 aromatic heterocycles. The number of hydrogen-bond donors (Lipinski definition) is 3. The van der Waals surface area contributed by atoms with Gasteiger partial charge in [-0.15, -0.1) is 0 Å². The highest BCUT2D eigenvalue weighted by Crippen LogP contribution is 2.18. The van der Waals surface area contributed by atoms with Gasteiger partial charge in [-0.05, 0) is 32.6 Å². The highest BCUT2D eigenvalue weighted by molar-refractivity contribution is 5.79. The number of amides is 1. The van der Waals surface area contributed by atoms with Gasteiger partial charge in [-0.2, -0.15) is 0 Å². The third-order valence-electron chi connectivity index (χ3n) is 3.44. The lowest BCUT2D eigenvalue weighted by Gasteiger charge is -2.11. The Bertz CT molecular complexity index is 313. The van der Waals surface area contributed by atoms with E-state index in [1.165, 1.54) is 25.7 Å². The van der Waals surface area contributed by atoms with Crippen molar-refractivity contribution in [1.82, 2.24) is 16.0 Å². The number of guanidine groups is 1. The third-order valence-corrected chi connectivity index (χ3v) is 3.44. The Morgan fingerprint density at radius 2 is 1.90 bits per heavy atom. The quantitative estimate of drug-likeness (QED) is 0.311. The van der Waals surface area contributed by atoms with Gasteiger partial charge in [-0.25, -0.2) is 0 Å². The maximum Gasteiger partial charge on any atom is 0.220 e. The van der Waals surface area contributed by atoms with E-state index in [4.69, 9.17) is 0 Å². The van der Waals surface area contributed by atoms with Crippen LogP contribution in [0.4, 0.5) is 0 Å². The molecule has 5 heteroatoms. The molecule has 0 unspecified atom stereocenters. The maximum atomic E-state index is 11.5. The van der Waals surface area contributed by atoms with Crippen molar-refractivity contribution in [3.63, 3.8) is 0 Å². The largest absolute Gasteiger partial charge is 0.357 e. The van der Waals surface area contributed by atoms with Crippen LogP contribution in [0.2, 0.25) is 0 Å². The van der Waals surface area contributed by atoms with E-state index in [0.29, 0.717) is 19.0 Å². The Hall–Kier alpha value is -1.26. The summed E-state index contributed by atoms with van der Waals surface area (Å²) in [4.78, 5) is 16.1. The molecule has 21 heavy (non-hydrogen) atoms. The van der Waals surface area contributed by atoms with Crippen LogP contribution in [0.15, 0.2) is 4.99 Å². The van der Waals surface area contributed by atoms with Crippen LogP contribution in [0.1, 0.15) is 65.2 Å². The second-order valence-corrected chi connectivity index (χ2v) is 5.69. The van der Waals surface area contributed by atoms with Crippen LogP contribution in [0.3, 0.4) is 0 Å². The monoisotopic (exact) mass is 296 g/mol.